The first kappa shape index (κ1) is 12.3. The lowest BCUT2D eigenvalue weighted by Gasteiger charge is -2.20. The van der Waals surface area contributed by atoms with E-state index in [1.54, 1.807) is 31.2 Å². The lowest BCUT2D eigenvalue weighted by atomic mass is 10.1. The van der Waals surface area contributed by atoms with Gasteiger partial charge in [-0.15, -0.1) is 0 Å². The second kappa shape index (κ2) is 4.60. The largest absolute Gasteiger partial charge is 0.464 e. The molecule has 0 spiro atoms. The lowest BCUT2D eigenvalue weighted by molar-refractivity contribution is -0.147. The molecule has 0 saturated heterocycles. The first-order valence-electron chi connectivity index (χ1n) is 5.71. The molecule has 1 aliphatic heterocycles. The summed E-state index contributed by atoms with van der Waals surface area (Å²) in [5.74, 6) is -1.47. The van der Waals surface area contributed by atoms with E-state index in [-0.39, 0.29) is 6.61 Å². The van der Waals surface area contributed by atoms with Crippen molar-refractivity contribution in [3.05, 3.63) is 35.4 Å². The van der Waals surface area contributed by atoms with Gasteiger partial charge in [-0.05, 0) is 26.0 Å². The third-order valence-electron chi connectivity index (χ3n) is 2.84. The summed E-state index contributed by atoms with van der Waals surface area (Å²) >= 11 is 0. The molecule has 1 aliphatic rings. The third-order valence-corrected chi connectivity index (χ3v) is 2.84. The molecule has 0 fully saturated rings. The molecule has 2 rings (SSSR count). The number of rotatable bonds is 3. The van der Waals surface area contributed by atoms with Crippen LogP contribution in [0, 0.1) is 0 Å². The number of amides is 2. The number of nitrogens with zero attached hydrogens (tertiary/aromatic N) is 1. The van der Waals surface area contributed by atoms with Crippen LogP contribution in [-0.4, -0.2) is 35.3 Å². The van der Waals surface area contributed by atoms with Crippen LogP contribution >= 0.6 is 0 Å². The van der Waals surface area contributed by atoms with Gasteiger partial charge < -0.3 is 4.74 Å². The first-order chi connectivity index (χ1) is 8.57. The van der Waals surface area contributed by atoms with Gasteiger partial charge in [0.25, 0.3) is 11.8 Å². The van der Waals surface area contributed by atoms with Gasteiger partial charge in [-0.1, -0.05) is 12.1 Å². The molecule has 0 N–H and O–H groups in total. The fraction of sp³-hybridized carbons (Fsp3) is 0.308. The molecule has 0 unspecified atom stereocenters. The molecular formula is C13H13NO4. The maximum absolute atomic E-state index is 12.1. The normalized spacial score (nSPS) is 15.6. The number of fused-ring (bicyclic) bond motifs is 1. The van der Waals surface area contributed by atoms with Crippen molar-refractivity contribution in [3.63, 3.8) is 0 Å². The Labute approximate surface area is 104 Å². The van der Waals surface area contributed by atoms with Crippen molar-refractivity contribution in [3.8, 4) is 0 Å². The summed E-state index contributed by atoms with van der Waals surface area (Å²) in [6.45, 7) is 3.37. The number of ether oxygens (including phenoxy) is 1. The van der Waals surface area contributed by atoms with Gasteiger partial charge >= 0.3 is 5.97 Å². The molecule has 5 heteroatoms. The average Bonchev–Trinajstić information content (AvgIpc) is 2.62. The standard InChI is InChI=1S/C13H13NO4/c1-3-18-13(17)8(2)14-11(15)9-6-4-5-7-10(9)12(14)16/h4-8H,3H2,1-2H3/t8-/m0/s1. The Kier molecular flexibility index (Phi) is 3.14. The predicted molar refractivity (Wildman–Crippen MR) is 63.0 cm³/mol. The van der Waals surface area contributed by atoms with E-state index in [1.807, 2.05) is 0 Å². The van der Waals surface area contributed by atoms with Gasteiger partial charge in [-0.2, -0.15) is 0 Å². The van der Waals surface area contributed by atoms with Crippen LogP contribution in [0.4, 0.5) is 0 Å². The molecule has 2 amide bonds. The van der Waals surface area contributed by atoms with E-state index < -0.39 is 23.8 Å². The number of hydrogen-bond donors (Lipinski definition) is 0. The van der Waals surface area contributed by atoms with E-state index in [4.69, 9.17) is 4.74 Å². The minimum Gasteiger partial charge on any atom is -0.464 e. The Morgan fingerprint density at radius 2 is 1.72 bits per heavy atom. The highest BCUT2D eigenvalue weighted by molar-refractivity contribution is 6.22. The molecule has 5 nitrogen and oxygen atoms in total. The molecule has 0 saturated carbocycles. The Morgan fingerprint density at radius 1 is 1.22 bits per heavy atom. The third kappa shape index (κ3) is 1.77. The van der Waals surface area contributed by atoms with Gasteiger partial charge in [-0.25, -0.2) is 4.79 Å². The van der Waals surface area contributed by atoms with Crippen LogP contribution in [0.3, 0.4) is 0 Å². The summed E-state index contributed by atoms with van der Waals surface area (Å²) in [6, 6.07) is 5.61. The Bertz CT molecular complexity index is 488. The van der Waals surface area contributed by atoms with Crippen molar-refractivity contribution in [2.45, 2.75) is 19.9 Å². The maximum atomic E-state index is 12.1. The van der Waals surface area contributed by atoms with Crippen molar-refractivity contribution < 1.29 is 19.1 Å². The van der Waals surface area contributed by atoms with Crippen LogP contribution in [0.15, 0.2) is 24.3 Å². The molecule has 1 heterocycles. The molecule has 0 radical (unpaired) electrons. The average molecular weight is 247 g/mol. The zero-order valence-electron chi connectivity index (χ0n) is 10.2. The highest BCUT2D eigenvalue weighted by Gasteiger charge is 2.41. The van der Waals surface area contributed by atoms with Crippen LogP contribution in [0.2, 0.25) is 0 Å². The van der Waals surface area contributed by atoms with Crippen LogP contribution in [0.5, 0.6) is 0 Å². The second-order valence-corrected chi connectivity index (χ2v) is 3.95. The van der Waals surface area contributed by atoms with E-state index in [0.717, 1.165) is 4.90 Å². The summed E-state index contributed by atoms with van der Waals surface area (Å²) in [6.07, 6.45) is 0. The van der Waals surface area contributed by atoms with Crippen molar-refractivity contribution >= 4 is 17.8 Å². The Balaban J connectivity index is 2.31. The molecule has 0 bridgehead atoms. The Hall–Kier alpha value is -2.17. The van der Waals surface area contributed by atoms with Crippen molar-refractivity contribution in [2.75, 3.05) is 6.61 Å². The van der Waals surface area contributed by atoms with Crippen molar-refractivity contribution in [1.82, 2.24) is 4.90 Å². The summed E-state index contributed by atoms with van der Waals surface area (Å²) in [7, 11) is 0. The number of esters is 1. The number of carbonyl (C=O) groups is 3. The van der Waals surface area contributed by atoms with Gasteiger partial charge in [0.15, 0.2) is 0 Å². The molecule has 1 atom stereocenters. The lowest BCUT2D eigenvalue weighted by Crippen LogP contribution is -2.43. The summed E-state index contributed by atoms with van der Waals surface area (Å²) in [4.78, 5) is 36.7. The van der Waals surface area contributed by atoms with Gasteiger partial charge in [0.2, 0.25) is 0 Å². The van der Waals surface area contributed by atoms with E-state index in [1.165, 1.54) is 6.92 Å². The smallest absolute Gasteiger partial charge is 0.329 e. The molecule has 94 valence electrons. The minimum absolute atomic E-state index is 0.215. The molecular weight excluding hydrogens is 234 g/mol. The second-order valence-electron chi connectivity index (χ2n) is 3.95. The molecule has 0 aliphatic carbocycles. The van der Waals surface area contributed by atoms with E-state index in [9.17, 15) is 14.4 Å². The summed E-state index contributed by atoms with van der Waals surface area (Å²) < 4.78 is 4.83. The maximum Gasteiger partial charge on any atom is 0.329 e. The minimum atomic E-state index is -0.905. The fourth-order valence-electron chi connectivity index (χ4n) is 1.93. The number of hydrogen-bond acceptors (Lipinski definition) is 4. The van der Waals surface area contributed by atoms with Gasteiger partial charge in [-0.3, -0.25) is 14.5 Å². The van der Waals surface area contributed by atoms with E-state index in [0.29, 0.717) is 11.1 Å². The van der Waals surface area contributed by atoms with Crippen LogP contribution in [0.1, 0.15) is 34.6 Å². The zero-order valence-corrected chi connectivity index (χ0v) is 10.2. The molecule has 1 aromatic carbocycles. The van der Waals surface area contributed by atoms with Crippen molar-refractivity contribution in [1.29, 1.82) is 0 Å². The Morgan fingerprint density at radius 3 is 2.17 bits per heavy atom. The van der Waals surface area contributed by atoms with Crippen molar-refractivity contribution in [2.24, 2.45) is 0 Å². The van der Waals surface area contributed by atoms with E-state index >= 15 is 0 Å². The van der Waals surface area contributed by atoms with Crippen LogP contribution in [0.25, 0.3) is 0 Å². The quantitative estimate of drug-likeness (QED) is 0.595. The highest BCUT2D eigenvalue weighted by Crippen LogP contribution is 2.24. The van der Waals surface area contributed by atoms with Gasteiger partial charge in [0.1, 0.15) is 6.04 Å². The predicted octanol–water partition coefficient (Wildman–Crippen LogP) is 1.23. The van der Waals surface area contributed by atoms with E-state index in [2.05, 4.69) is 0 Å². The van der Waals surface area contributed by atoms with Gasteiger partial charge in [0, 0.05) is 0 Å². The molecule has 0 aromatic heterocycles. The monoisotopic (exact) mass is 247 g/mol. The topological polar surface area (TPSA) is 63.7 Å². The van der Waals surface area contributed by atoms with Gasteiger partial charge in [0.05, 0.1) is 17.7 Å². The zero-order chi connectivity index (χ0) is 13.3. The summed E-state index contributed by atoms with van der Waals surface area (Å²) in [5.41, 5.74) is 0.664. The molecule has 1 aromatic rings. The number of imide groups is 1. The highest BCUT2D eigenvalue weighted by atomic mass is 16.5. The number of carbonyl (C=O) groups excluding carboxylic acids is 3. The number of benzene rings is 1. The first-order valence-corrected chi connectivity index (χ1v) is 5.71. The molecule has 18 heavy (non-hydrogen) atoms. The summed E-state index contributed by atoms with van der Waals surface area (Å²) in [5, 5.41) is 0. The SMILES string of the molecule is CCOC(=O)[C@H](C)N1C(=O)c2ccccc2C1=O. The van der Waals surface area contributed by atoms with Crippen LogP contribution < -0.4 is 0 Å². The fourth-order valence-corrected chi connectivity index (χ4v) is 1.93. The van der Waals surface area contributed by atoms with Crippen LogP contribution in [-0.2, 0) is 9.53 Å².